The van der Waals surface area contributed by atoms with Gasteiger partial charge in [0.2, 0.25) is 27.8 Å². The van der Waals surface area contributed by atoms with E-state index in [9.17, 15) is 22.8 Å². The van der Waals surface area contributed by atoms with Crippen LogP contribution in [0.5, 0.6) is 5.75 Å². The Balaban J connectivity index is 0.801. The second-order valence-corrected chi connectivity index (χ2v) is 21.1. The summed E-state index contributed by atoms with van der Waals surface area (Å²) >= 11 is 6.51. The number of ether oxygens (including phenoxy) is 1. The van der Waals surface area contributed by atoms with Crippen molar-refractivity contribution >= 4 is 87.5 Å². The molecule has 5 heterocycles. The normalized spacial score (nSPS) is 19.2. The van der Waals surface area contributed by atoms with E-state index in [1.54, 1.807) is 29.7 Å². The molecule has 4 aromatic rings. The maximum absolute atomic E-state index is 13.4. The highest BCUT2D eigenvalue weighted by atomic mass is 35.5. The molecule has 332 valence electrons. The molecular formula is C45H53ClN9O6PS. The number of nitrogens with zero attached hydrogens (tertiary/aromatic N) is 6. The Bertz CT molecular complexity index is 2510. The van der Waals surface area contributed by atoms with Gasteiger partial charge in [-0.1, -0.05) is 62.0 Å². The zero-order valence-electron chi connectivity index (χ0n) is 35.7. The van der Waals surface area contributed by atoms with Gasteiger partial charge >= 0.3 is 0 Å². The number of hydrogen-bond donors (Lipinski definition) is 3. The van der Waals surface area contributed by atoms with Crippen LogP contribution in [0.15, 0.2) is 72.9 Å². The molecule has 0 spiro atoms. The van der Waals surface area contributed by atoms with E-state index in [-0.39, 0.29) is 38.5 Å². The van der Waals surface area contributed by atoms with Gasteiger partial charge in [-0.25, -0.2) is 13.4 Å². The summed E-state index contributed by atoms with van der Waals surface area (Å²) in [5.74, 6) is 0.554. The number of amides is 3. The molecule has 1 aromatic heterocycles. The van der Waals surface area contributed by atoms with Crippen molar-refractivity contribution < 1.29 is 27.5 Å². The third kappa shape index (κ3) is 10.0. The van der Waals surface area contributed by atoms with Crippen LogP contribution in [0.3, 0.4) is 0 Å². The van der Waals surface area contributed by atoms with Gasteiger partial charge in [-0.2, -0.15) is 9.29 Å². The van der Waals surface area contributed by atoms with E-state index in [2.05, 4.69) is 61.2 Å². The Morgan fingerprint density at radius 1 is 0.937 bits per heavy atom. The molecule has 3 N–H and O–H groups in total. The number of imide groups is 1. The number of allylic oxidation sites excluding steroid dienone is 1. The number of carbonyl (C=O) groups is 3. The summed E-state index contributed by atoms with van der Waals surface area (Å²) in [6.45, 7) is 8.72. The molecule has 1 atom stereocenters. The van der Waals surface area contributed by atoms with Crippen LogP contribution in [0.25, 0.3) is 6.08 Å². The van der Waals surface area contributed by atoms with Gasteiger partial charge in [-0.05, 0) is 79.7 Å². The maximum atomic E-state index is 13.4. The minimum Gasteiger partial charge on any atom is -0.494 e. The van der Waals surface area contributed by atoms with Crippen molar-refractivity contribution in [2.75, 3.05) is 81.0 Å². The Morgan fingerprint density at radius 2 is 1.71 bits per heavy atom. The van der Waals surface area contributed by atoms with Crippen molar-refractivity contribution in [3.63, 3.8) is 0 Å². The van der Waals surface area contributed by atoms with Gasteiger partial charge in [-0.15, -0.1) is 0 Å². The first-order chi connectivity index (χ1) is 30.4. The molecule has 3 aromatic carbocycles. The van der Waals surface area contributed by atoms with Crippen LogP contribution < -0.4 is 30.9 Å². The number of benzene rings is 3. The van der Waals surface area contributed by atoms with Gasteiger partial charge in [0.15, 0.2) is 5.82 Å². The standard InChI is InChI=1S/C45H53ClN9O6PS/c1-61-39-27-32(14-15-36(39)49-45-47-28-35(46)42(51-45)48-37-12-4-5-13-40(37)62(2)3)52-20-18-31(19-21-52)53-22-24-54(25-23-53)63(59,60)26-7-6-9-30-10-8-11-33-34(30)29-55(44(33)58)38-16-17-41(56)50-43(38)57/h4-6,8-15,27-28,31,38H,7,16-26,29H2,1-3H3,(H,50,56,57)(H2,47,48,49,51)/b9-6+. The van der Waals surface area contributed by atoms with Crippen molar-refractivity contribution in [1.82, 2.24) is 29.4 Å². The van der Waals surface area contributed by atoms with Gasteiger partial charge in [0.05, 0.1) is 24.7 Å². The molecule has 3 saturated heterocycles. The molecular weight excluding hydrogens is 861 g/mol. The monoisotopic (exact) mass is 913 g/mol. The number of piperidine rings is 2. The van der Waals surface area contributed by atoms with Gasteiger partial charge in [0.25, 0.3) is 5.91 Å². The van der Waals surface area contributed by atoms with Gasteiger partial charge in [0.1, 0.15) is 16.8 Å². The number of anilines is 5. The Hall–Kier alpha value is -5.12. The number of fused-ring (bicyclic) bond motifs is 1. The summed E-state index contributed by atoms with van der Waals surface area (Å²) in [4.78, 5) is 52.7. The van der Waals surface area contributed by atoms with Crippen molar-refractivity contribution in [3.8, 4) is 5.75 Å². The van der Waals surface area contributed by atoms with Crippen LogP contribution >= 0.6 is 19.5 Å². The summed E-state index contributed by atoms with van der Waals surface area (Å²) in [6.07, 6.45) is 8.04. The van der Waals surface area contributed by atoms with E-state index in [1.807, 2.05) is 48.6 Å². The van der Waals surface area contributed by atoms with E-state index in [4.69, 9.17) is 16.3 Å². The molecule has 0 saturated carbocycles. The second-order valence-electron chi connectivity index (χ2n) is 16.4. The summed E-state index contributed by atoms with van der Waals surface area (Å²) in [6, 6.07) is 19.4. The van der Waals surface area contributed by atoms with E-state index < -0.39 is 22.0 Å². The van der Waals surface area contributed by atoms with Crippen LogP contribution in [0.1, 0.15) is 53.6 Å². The predicted molar refractivity (Wildman–Crippen MR) is 250 cm³/mol. The molecule has 15 nitrogen and oxygen atoms in total. The highest BCUT2D eigenvalue weighted by Gasteiger charge is 2.39. The average Bonchev–Trinajstić information content (AvgIpc) is 3.62. The summed E-state index contributed by atoms with van der Waals surface area (Å²) in [7, 11) is -2.15. The van der Waals surface area contributed by atoms with Gasteiger partial charge in [0, 0.05) is 81.3 Å². The first-order valence-electron chi connectivity index (χ1n) is 21.3. The lowest BCUT2D eigenvalue weighted by Crippen LogP contribution is -2.54. The lowest BCUT2D eigenvalue weighted by atomic mass is 10.0. The fourth-order valence-electron chi connectivity index (χ4n) is 8.87. The minimum atomic E-state index is -3.46. The molecule has 0 aliphatic carbocycles. The average molecular weight is 914 g/mol. The summed E-state index contributed by atoms with van der Waals surface area (Å²) < 4.78 is 34.3. The topological polar surface area (TPSA) is 169 Å². The van der Waals surface area contributed by atoms with E-state index >= 15 is 0 Å². The van der Waals surface area contributed by atoms with E-state index in [1.165, 1.54) is 10.2 Å². The van der Waals surface area contributed by atoms with Crippen LogP contribution in [0, 0.1) is 0 Å². The molecule has 3 fully saturated rings. The van der Waals surface area contributed by atoms with Gasteiger partial charge in [-0.3, -0.25) is 24.6 Å². The highest BCUT2D eigenvalue weighted by molar-refractivity contribution is 7.89. The zero-order chi connectivity index (χ0) is 44.3. The van der Waals surface area contributed by atoms with E-state index in [0.29, 0.717) is 73.2 Å². The van der Waals surface area contributed by atoms with Crippen LogP contribution in [0.4, 0.5) is 28.8 Å². The number of aromatic nitrogens is 2. The molecule has 4 aliphatic rings. The van der Waals surface area contributed by atoms with Crippen molar-refractivity contribution in [2.24, 2.45) is 0 Å². The maximum Gasteiger partial charge on any atom is 0.255 e. The molecule has 1 unspecified atom stereocenters. The molecule has 3 amide bonds. The summed E-state index contributed by atoms with van der Waals surface area (Å²) in [5.41, 5.74) is 4.91. The first-order valence-corrected chi connectivity index (χ1v) is 25.5. The minimum absolute atomic E-state index is 0.00497. The zero-order valence-corrected chi connectivity index (χ0v) is 38.2. The lowest BCUT2D eigenvalue weighted by molar-refractivity contribution is -0.136. The number of methoxy groups -OCH3 is 1. The second kappa shape index (κ2) is 19.3. The molecule has 0 radical (unpaired) electrons. The lowest BCUT2D eigenvalue weighted by Gasteiger charge is -2.43. The number of sulfonamides is 1. The smallest absolute Gasteiger partial charge is 0.255 e. The number of rotatable bonds is 14. The summed E-state index contributed by atoms with van der Waals surface area (Å²) in [5, 5.41) is 10.7. The molecule has 63 heavy (non-hydrogen) atoms. The van der Waals surface area contributed by atoms with Crippen molar-refractivity contribution in [1.29, 1.82) is 0 Å². The number of nitrogens with one attached hydrogen (secondary N) is 3. The number of piperazine rings is 1. The number of hydrogen-bond acceptors (Lipinski definition) is 12. The Kier molecular flexibility index (Phi) is 13.6. The molecule has 4 aliphatic heterocycles. The molecule has 0 bridgehead atoms. The molecule has 8 rings (SSSR count). The predicted octanol–water partition coefficient (Wildman–Crippen LogP) is 5.77. The van der Waals surface area contributed by atoms with Crippen molar-refractivity contribution in [3.05, 3.63) is 94.6 Å². The third-order valence-corrected chi connectivity index (χ3v) is 15.8. The van der Waals surface area contributed by atoms with E-state index in [0.717, 1.165) is 54.1 Å². The quantitative estimate of drug-likeness (QED) is 0.103. The number of halogens is 1. The third-order valence-electron chi connectivity index (χ3n) is 12.3. The fraction of sp³-hybridized carbons (Fsp3) is 0.400. The Morgan fingerprint density at radius 3 is 2.46 bits per heavy atom. The van der Waals surface area contributed by atoms with Crippen LogP contribution in [0.2, 0.25) is 5.02 Å². The number of para-hydroxylation sites is 1. The number of carbonyl (C=O) groups excluding carboxylic acids is 3. The SMILES string of the molecule is COc1cc(N2CCC(N3CCN(S(=O)(=O)CC/C=C/c4cccc5c4CN(C4CCC(=O)NC4=O)C5=O)CC3)CC2)ccc1Nc1ncc(Cl)c(Nc2ccccc2P(C)C)n1. The van der Waals surface area contributed by atoms with Crippen molar-refractivity contribution in [2.45, 2.75) is 50.7 Å². The first kappa shape index (κ1) is 44.5. The Labute approximate surface area is 375 Å². The molecule has 18 heteroatoms. The highest BCUT2D eigenvalue weighted by Crippen LogP contribution is 2.36. The van der Waals surface area contributed by atoms with Crippen LogP contribution in [-0.2, 0) is 26.2 Å². The largest absolute Gasteiger partial charge is 0.494 e. The fourth-order valence-corrected chi connectivity index (χ4v) is 11.4. The van der Waals surface area contributed by atoms with Crippen LogP contribution in [-0.4, -0.2) is 128 Å². The van der Waals surface area contributed by atoms with Gasteiger partial charge < -0.3 is 25.2 Å².